The second-order valence-corrected chi connectivity index (χ2v) is 8.41. The van der Waals surface area contributed by atoms with Crippen LogP contribution in [0.1, 0.15) is 36.6 Å². The molecule has 0 saturated carbocycles. The monoisotopic (exact) mass is 494 g/mol. The van der Waals surface area contributed by atoms with E-state index in [9.17, 15) is 17.6 Å². The Morgan fingerprint density at radius 2 is 1.89 bits per heavy atom. The van der Waals surface area contributed by atoms with Crippen molar-refractivity contribution >= 4 is 5.82 Å². The summed E-state index contributed by atoms with van der Waals surface area (Å²) in [5.41, 5.74) is 0.465. The van der Waals surface area contributed by atoms with Crippen LogP contribution >= 0.6 is 0 Å². The van der Waals surface area contributed by atoms with Crippen molar-refractivity contribution in [1.82, 2.24) is 34.3 Å². The van der Waals surface area contributed by atoms with Crippen molar-refractivity contribution in [2.45, 2.75) is 32.5 Å². The fraction of sp³-hybridized carbons (Fsp3) is 0.208. The van der Waals surface area contributed by atoms with Gasteiger partial charge in [0.15, 0.2) is 11.6 Å². The van der Waals surface area contributed by atoms with Crippen LogP contribution in [-0.4, -0.2) is 34.3 Å². The molecule has 0 fully saturated rings. The third-order valence-electron chi connectivity index (χ3n) is 6.20. The Kier molecular flexibility index (Phi) is 4.82. The van der Waals surface area contributed by atoms with Gasteiger partial charge < -0.3 is 4.90 Å². The number of hydrogen-bond donors (Lipinski definition) is 0. The third-order valence-corrected chi connectivity index (χ3v) is 6.20. The van der Waals surface area contributed by atoms with Gasteiger partial charge in [0.25, 0.3) is 0 Å². The number of halogens is 4. The number of rotatable bonds is 4. The summed E-state index contributed by atoms with van der Waals surface area (Å²) >= 11 is 0. The molecule has 1 aromatic carbocycles. The molecule has 0 amide bonds. The van der Waals surface area contributed by atoms with Gasteiger partial charge in [0, 0.05) is 23.7 Å². The molecule has 0 spiro atoms. The molecule has 12 heteroatoms. The molecular formula is C24H18F4N8. The third kappa shape index (κ3) is 3.32. The smallest absolute Gasteiger partial charge is 0.314 e. The number of hydrogen-bond acceptors (Lipinski definition) is 6. The van der Waals surface area contributed by atoms with Crippen LogP contribution in [0.5, 0.6) is 0 Å². The summed E-state index contributed by atoms with van der Waals surface area (Å²) < 4.78 is 57.4. The average molecular weight is 494 g/mol. The summed E-state index contributed by atoms with van der Waals surface area (Å²) in [7, 11) is 0. The molecule has 0 saturated heterocycles. The molecule has 4 aromatic rings. The Labute approximate surface area is 202 Å². The van der Waals surface area contributed by atoms with Gasteiger partial charge in [-0.25, -0.2) is 14.4 Å². The van der Waals surface area contributed by atoms with Crippen molar-refractivity contribution in [3.63, 3.8) is 0 Å². The number of aryl methyl sites for hydroxylation is 1. The number of aromatic nitrogens is 7. The highest BCUT2D eigenvalue weighted by molar-refractivity contribution is 5.69. The summed E-state index contributed by atoms with van der Waals surface area (Å²) in [5, 5.41) is 8.63. The lowest BCUT2D eigenvalue weighted by Crippen LogP contribution is -2.36. The molecule has 1 aliphatic carbocycles. The number of fused-ring (bicyclic) bond motifs is 3. The van der Waals surface area contributed by atoms with Gasteiger partial charge in [0.05, 0.1) is 17.8 Å². The first-order valence-electron chi connectivity index (χ1n) is 11.1. The standard InChI is InChI=1S/C24H18F4N8/c1-3-18-22-33-32-13(2)35(22)19-12-30-23(31-21(19)36(18)17-5-4-6-17)34-8-7-29-20(34)14-9-15(24(26,27)28)11-16(25)10-14/h4-12,18H,3H2,1-2H3/t18-/m1/s1. The second kappa shape index (κ2) is 7.83. The molecule has 3 aromatic heterocycles. The van der Waals surface area contributed by atoms with Crippen LogP contribution in [0, 0.1) is 12.7 Å². The van der Waals surface area contributed by atoms with Crippen LogP contribution in [0.4, 0.5) is 23.4 Å². The first-order chi connectivity index (χ1) is 17.3. The maximum Gasteiger partial charge on any atom is 0.416 e. The minimum atomic E-state index is -4.70. The zero-order valence-electron chi connectivity index (χ0n) is 19.1. The molecule has 36 heavy (non-hydrogen) atoms. The van der Waals surface area contributed by atoms with E-state index < -0.39 is 17.6 Å². The molecule has 6 rings (SSSR count). The maximum absolute atomic E-state index is 14.1. The molecule has 1 aliphatic heterocycles. The van der Waals surface area contributed by atoms with Crippen LogP contribution in [0.3, 0.4) is 0 Å². The lowest BCUT2D eigenvalue weighted by Gasteiger charge is -2.38. The van der Waals surface area contributed by atoms with Crippen molar-refractivity contribution in [3.8, 4) is 23.0 Å². The summed E-state index contributed by atoms with van der Waals surface area (Å²) in [6.45, 7) is 3.88. The topological polar surface area (TPSA) is 77.5 Å². The van der Waals surface area contributed by atoms with Crippen molar-refractivity contribution in [1.29, 1.82) is 0 Å². The van der Waals surface area contributed by atoms with E-state index in [1.165, 1.54) is 17.0 Å². The lowest BCUT2D eigenvalue weighted by atomic mass is 10.0. The van der Waals surface area contributed by atoms with Gasteiger partial charge in [-0.2, -0.15) is 18.2 Å². The van der Waals surface area contributed by atoms with Gasteiger partial charge >= 0.3 is 6.18 Å². The van der Waals surface area contributed by atoms with E-state index >= 15 is 0 Å². The Morgan fingerprint density at radius 3 is 2.58 bits per heavy atom. The van der Waals surface area contributed by atoms with E-state index in [0.29, 0.717) is 23.4 Å². The van der Waals surface area contributed by atoms with E-state index in [1.54, 1.807) is 6.20 Å². The SMILES string of the molecule is CC[C@@H]1c2nnc(C)n2-c2cnc(-n3ccnc3-c3cc(F)cc(C(F)(F)F)c3)nc2N1C1=CC=C1. The van der Waals surface area contributed by atoms with E-state index in [-0.39, 0.29) is 23.4 Å². The molecule has 0 radical (unpaired) electrons. The molecule has 0 unspecified atom stereocenters. The van der Waals surface area contributed by atoms with Gasteiger partial charge in [-0.3, -0.25) is 9.13 Å². The van der Waals surface area contributed by atoms with Crippen molar-refractivity contribution in [2.24, 2.45) is 0 Å². The predicted molar refractivity (Wildman–Crippen MR) is 122 cm³/mol. The van der Waals surface area contributed by atoms with E-state index in [2.05, 4.69) is 20.2 Å². The second-order valence-electron chi connectivity index (χ2n) is 8.41. The van der Waals surface area contributed by atoms with Crippen LogP contribution in [0.25, 0.3) is 23.0 Å². The Bertz CT molecular complexity index is 1560. The molecular weight excluding hydrogens is 476 g/mol. The first kappa shape index (κ1) is 22.1. The van der Waals surface area contributed by atoms with Crippen LogP contribution in [-0.2, 0) is 6.18 Å². The van der Waals surface area contributed by atoms with Gasteiger partial charge in [0.2, 0.25) is 5.95 Å². The lowest BCUT2D eigenvalue weighted by molar-refractivity contribution is -0.137. The minimum absolute atomic E-state index is 0.0430. The maximum atomic E-state index is 14.1. The Hall–Kier alpha value is -4.35. The summed E-state index contributed by atoms with van der Waals surface area (Å²) in [6, 6.07) is 2.17. The number of benzene rings is 1. The van der Waals surface area contributed by atoms with Crippen LogP contribution in [0.15, 0.2) is 60.7 Å². The molecule has 2 aliphatic rings. The number of nitrogens with zero attached hydrogens (tertiary/aromatic N) is 8. The van der Waals surface area contributed by atoms with E-state index in [4.69, 9.17) is 4.98 Å². The van der Waals surface area contributed by atoms with Gasteiger partial charge in [-0.1, -0.05) is 13.0 Å². The minimum Gasteiger partial charge on any atom is -0.314 e. The number of imidazole rings is 1. The van der Waals surface area contributed by atoms with Crippen molar-refractivity contribution < 1.29 is 17.6 Å². The zero-order chi connectivity index (χ0) is 25.2. The van der Waals surface area contributed by atoms with Crippen molar-refractivity contribution in [2.75, 3.05) is 4.90 Å². The zero-order valence-corrected chi connectivity index (χ0v) is 19.1. The summed E-state index contributed by atoms with van der Waals surface area (Å²) in [6.07, 6.45) is 6.41. The molecule has 1 atom stereocenters. The predicted octanol–water partition coefficient (Wildman–Crippen LogP) is 5.10. The molecule has 0 bridgehead atoms. The number of alkyl halides is 3. The molecule has 0 N–H and O–H groups in total. The summed E-state index contributed by atoms with van der Waals surface area (Å²) in [5.74, 6) is 1.28. The normalized spacial score (nSPS) is 16.4. The molecule has 8 nitrogen and oxygen atoms in total. The Morgan fingerprint density at radius 1 is 1.08 bits per heavy atom. The Balaban J connectivity index is 1.52. The van der Waals surface area contributed by atoms with Gasteiger partial charge in [-0.15, -0.1) is 10.2 Å². The highest BCUT2D eigenvalue weighted by Crippen LogP contribution is 2.42. The molecule has 4 heterocycles. The largest absolute Gasteiger partial charge is 0.416 e. The number of anilines is 1. The van der Waals surface area contributed by atoms with E-state index in [0.717, 1.165) is 30.1 Å². The van der Waals surface area contributed by atoms with Crippen molar-refractivity contribution in [3.05, 3.63) is 83.7 Å². The van der Waals surface area contributed by atoms with Crippen LogP contribution < -0.4 is 4.90 Å². The average Bonchev–Trinajstić information content (AvgIpc) is 3.44. The number of allylic oxidation sites excluding steroid dienone is 3. The van der Waals surface area contributed by atoms with E-state index in [1.807, 2.05) is 41.5 Å². The first-order valence-corrected chi connectivity index (χ1v) is 11.1. The van der Waals surface area contributed by atoms with Crippen LogP contribution in [0.2, 0.25) is 0 Å². The fourth-order valence-electron chi connectivity index (χ4n) is 4.53. The van der Waals surface area contributed by atoms with Gasteiger partial charge in [0.1, 0.15) is 23.2 Å². The summed E-state index contributed by atoms with van der Waals surface area (Å²) in [4.78, 5) is 15.5. The highest BCUT2D eigenvalue weighted by atomic mass is 19.4. The van der Waals surface area contributed by atoms with Gasteiger partial charge in [-0.05, 0) is 43.7 Å². The molecule has 182 valence electrons. The highest BCUT2D eigenvalue weighted by Gasteiger charge is 2.37. The quantitative estimate of drug-likeness (QED) is 0.368. The fourth-order valence-corrected chi connectivity index (χ4v) is 4.53.